The van der Waals surface area contributed by atoms with E-state index in [0.717, 1.165) is 0 Å². The van der Waals surface area contributed by atoms with Gasteiger partial charge in [-0.2, -0.15) is 0 Å². The van der Waals surface area contributed by atoms with Gasteiger partial charge in [0.15, 0.2) is 0 Å². The number of halogens is 3. The molecule has 0 fully saturated rings. The first kappa shape index (κ1) is 16.0. The predicted molar refractivity (Wildman–Crippen MR) is 69.0 cm³/mol. The zero-order chi connectivity index (χ0) is 14.8. The Morgan fingerprint density at radius 3 is 2.11 bits per heavy atom. The van der Waals surface area contributed by atoms with Crippen molar-refractivity contribution in [2.45, 2.75) is 8.69 Å². The van der Waals surface area contributed by atoms with E-state index in [1.54, 1.807) is 12.1 Å². The minimum atomic E-state index is -3.55. The molecule has 0 saturated heterocycles. The number of carboxylic acids is 1. The summed E-state index contributed by atoms with van der Waals surface area (Å²) in [5.74, 6) is -2.01. The molecule has 1 aliphatic rings. The number of amides is 1. The monoisotopic (exact) mass is 345 g/mol. The zero-order valence-electron chi connectivity index (χ0n) is 8.93. The van der Waals surface area contributed by atoms with Crippen LogP contribution in [0.4, 0.5) is 0 Å². The van der Waals surface area contributed by atoms with Crippen molar-refractivity contribution in [2.75, 3.05) is 0 Å². The molecular weight excluding hydrogens is 341 g/mol. The number of carboxylic acid groups (broad SMARTS) is 1. The van der Waals surface area contributed by atoms with Crippen molar-refractivity contribution >= 4 is 56.7 Å². The van der Waals surface area contributed by atoms with Crippen molar-refractivity contribution in [2.24, 2.45) is 0 Å². The number of hydrogen-bond acceptors (Lipinski definition) is 4. The molecule has 0 atom stereocenters. The molecule has 1 aromatic carbocycles. The molecule has 2 rings (SSSR count). The Morgan fingerprint density at radius 2 is 1.68 bits per heavy atom. The summed E-state index contributed by atoms with van der Waals surface area (Å²) < 4.78 is 22.0. The summed E-state index contributed by atoms with van der Waals surface area (Å²) in [6, 6.07) is 6.09. The van der Waals surface area contributed by atoms with Gasteiger partial charge in [-0.25, -0.2) is 17.9 Å². The van der Waals surface area contributed by atoms with Gasteiger partial charge in [0, 0.05) is 0 Å². The molecule has 0 bridgehead atoms. The maximum atomic E-state index is 11.1. The number of benzene rings is 1. The van der Waals surface area contributed by atoms with Crippen LogP contribution in [0.1, 0.15) is 10.4 Å². The molecule has 10 heteroatoms. The van der Waals surface area contributed by atoms with Gasteiger partial charge in [-0.15, -0.1) is 0 Å². The average molecular weight is 347 g/mol. The van der Waals surface area contributed by atoms with Crippen molar-refractivity contribution in [3.63, 3.8) is 0 Å². The number of carbonyl (C=O) groups excluding carboxylic acids is 1. The van der Waals surface area contributed by atoms with Crippen LogP contribution >= 0.6 is 34.8 Å². The fourth-order valence-corrected chi connectivity index (χ4v) is 2.29. The molecule has 104 valence electrons. The van der Waals surface area contributed by atoms with Crippen LogP contribution in [-0.4, -0.2) is 29.2 Å². The first-order valence-electron chi connectivity index (χ1n) is 4.52. The zero-order valence-corrected chi connectivity index (χ0v) is 12.0. The molecule has 1 amide bonds. The number of carbonyl (C=O) groups is 2. The molecule has 1 aromatic rings. The fraction of sp³-hybridized carbons (Fsp3) is 0.111. The molecule has 1 aliphatic heterocycles. The van der Waals surface area contributed by atoms with Crippen molar-refractivity contribution in [1.82, 2.24) is 4.72 Å². The average Bonchev–Trinajstić information content (AvgIpc) is 2.50. The molecule has 0 spiro atoms. The molecule has 0 saturated carbocycles. The van der Waals surface area contributed by atoms with Crippen molar-refractivity contribution in [1.29, 1.82) is 0 Å². The summed E-state index contributed by atoms with van der Waals surface area (Å²) in [7, 11) is -3.55. The fourth-order valence-electron chi connectivity index (χ4n) is 1.12. The van der Waals surface area contributed by atoms with Gasteiger partial charge in [0.2, 0.25) is 0 Å². The van der Waals surface area contributed by atoms with Gasteiger partial charge in [0.1, 0.15) is 4.90 Å². The highest BCUT2D eigenvalue weighted by Crippen LogP contribution is 2.25. The van der Waals surface area contributed by atoms with Gasteiger partial charge in [-0.3, -0.25) is 4.79 Å². The Bertz CT molecular complexity index is 623. The van der Waals surface area contributed by atoms with Crippen molar-refractivity contribution in [3.8, 4) is 0 Å². The SMILES string of the molecule is O=C(O)C(Cl)(Cl)Cl.O=C1NS(=O)(=O)c2ccccc21. The third kappa shape index (κ3) is 3.97. The summed E-state index contributed by atoms with van der Waals surface area (Å²) in [5, 5.41) is 7.85. The molecule has 0 aliphatic carbocycles. The number of fused-ring (bicyclic) bond motifs is 1. The van der Waals surface area contributed by atoms with E-state index in [1.807, 2.05) is 4.72 Å². The van der Waals surface area contributed by atoms with Gasteiger partial charge in [-0.1, -0.05) is 46.9 Å². The lowest BCUT2D eigenvalue weighted by Crippen LogP contribution is -2.20. The molecule has 2 N–H and O–H groups in total. The van der Waals surface area contributed by atoms with Gasteiger partial charge in [0.05, 0.1) is 5.56 Å². The Balaban J connectivity index is 0.000000224. The standard InChI is InChI=1S/C7H5NO3S.C2HCl3O2/c9-7-5-3-1-2-4-6(5)12(10,11)8-7;3-2(4,5)1(6)7/h1-4H,(H,8,9);(H,6,7). The van der Waals surface area contributed by atoms with Crippen molar-refractivity contribution in [3.05, 3.63) is 29.8 Å². The van der Waals surface area contributed by atoms with E-state index in [9.17, 15) is 18.0 Å². The van der Waals surface area contributed by atoms with E-state index in [2.05, 4.69) is 0 Å². The first-order valence-corrected chi connectivity index (χ1v) is 7.13. The Hall–Kier alpha value is -1.02. The summed E-state index contributed by atoms with van der Waals surface area (Å²) in [4.78, 5) is 20.7. The summed E-state index contributed by atoms with van der Waals surface area (Å²) in [6.45, 7) is 0. The lowest BCUT2D eigenvalue weighted by Gasteiger charge is -1.99. The van der Waals surface area contributed by atoms with E-state index in [4.69, 9.17) is 39.9 Å². The van der Waals surface area contributed by atoms with Crippen LogP contribution in [0.2, 0.25) is 0 Å². The van der Waals surface area contributed by atoms with Crippen LogP contribution in [0.3, 0.4) is 0 Å². The van der Waals surface area contributed by atoms with E-state index >= 15 is 0 Å². The second kappa shape index (κ2) is 5.54. The second-order valence-electron chi connectivity index (χ2n) is 3.23. The van der Waals surface area contributed by atoms with E-state index in [-0.39, 0.29) is 10.5 Å². The summed E-state index contributed by atoms with van der Waals surface area (Å²) in [5.41, 5.74) is 0.220. The van der Waals surface area contributed by atoms with Crippen LogP contribution in [0.25, 0.3) is 0 Å². The lowest BCUT2D eigenvalue weighted by atomic mass is 10.2. The number of rotatable bonds is 0. The minimum absolute atomic E-state index is 0.0648. The number of alkyl halides is 3. The summed E-state index contributed by atoms with van der Waals surface area (Å²) >= 11 is 14.4. The first-order chi connectivity index (χ1) is 8.55. The third-order valence-corrected chi connectivity index (χ3v) is 3.76. The van der Waals surface area contributed by atoms with E-state index < -0.39 is 25.7 Å². The van der Waals surface area contributed by atoms with Gasteiger partial charge in [0.25, 0.3) is 19.7 Å². The van der Waals surface area contributed by atoms with Gasteiger partial charge >= 0.3 is 5.97 Å². The van der Waals surface area contributed by atoms with Crippen LogP contribution in [0.5, 0.6) is 0 Å². The predicted octanol–water partition coefficient (Wildman–Crippen LogP) is 1.56. The maximum absolute atomic E-state index is 11.1. The minimum Gasteiger partial charge on any atom is -0.478 e. The Kier molecular flexibility index (Phi) is 4.67. The second-order valence-corrected chi connectivity index (χ2v) is 7.17. The van der Waals surface area contributed by atoms with Gasteiger partial charge in [-0.05, 0) is 12.1 Å². The lowest BCUT2D eigenvalue weighted by molar-refractivity contribution is -0.135. The normalized spacial score (nSPS) is 15.8. The Morgan fingerprint density at radius 1 is 1.21 bits per heavy atom. The number of nitrogens with one attached hydrogen (secondary N) is 1. The van der Waals surface area contributed by atoms with Crippen molar-refractivity contribution < 1.29 is 23.1 Å². The Labute approximate surface area is 123 Å². The molecule has 0 radical (unpaired) electrons. The third-order valence-electron chi connectivity index (χ3n) is 1.89. The molecule has 1 heterocycles. The van der Waals surface area contributed by atoms with Crippen LogP contribution < -0.4 is 4.72 Å². The molecule has 19 heavy (non-hydrogen) atoms. The molecule has 0 unspecified atom stereocenters. The number of aliphatic carboxylic acids is 1. The van der Waals surface area contributed by atoms with E-state index in [1.165, 1.54) is 12.1 Å². The van der Waals surface area contributed by atoms with Crippen LogP contribution in [0, 0.1) is 0 Å². The number of sulfonamides is 1. The molecule has 0 aromatic heterocycles. The highest BCUT2D eigenvalue weighted by atomic mass is 35.6. The maximum Gasteiger partial charge on any atom is 0.356 e. The van der Waals surface area contributed by atoms with Crippen LogP contribution in [-0.2, 0) is 14.8 Å². The smallest absolute Gasteiger partial charge is 0.356 e. The van der Waals surface area contributed by atoms with Crippen LogP contribution in [0.15, 0.2) is 29.2 Å². The summed E-state index contributed by atoms with van der Waals surface area (Å²) in [6.07, 6.45) is 0. The molecular formula is C9H6Cl3NO5S. The highest BCUT2D eigenvalue weighted by molar-refractivity contribution is 7.90. The van der Waals surface area contributed by atoms with Gasteiger partial charge < -0.3 is 5.11 Å². The largest absolute Gasteiger partial charge is 0.478 e. The quantitative estimate of drug-likeness (QED) is 0.694. The topological polar surface area (TPSA) is 101 Å². The number of hydrogen-bond donors (Lipinski definition) is 2. The molecule has 6 nitrogen and oxygen atoms in total. The van der Waals surface area contributed by atoms with E-state index in [0.29, 0.717) is 0 Å². The highest BCUT2D eigenvalue weighted by Gasteiger charge is 2.31.